The summed E-state index contributed by atoms with van der Waals surface area (Å²) in [5.41, 5.74) is 6.56. The molecule has 0 unspecified atom stereocenters. The molecule has 2 N–H and O–H groups in total. The first-order valence-corrected chi connectivity index (χ1v) is 7.60. The van der Waals surface area contributed by atoms with E-state index >= 15 is 0 Å². The lowest BCUT2D eigenvalue weighted by Crippen LogP contribution is -2.45. The number of benzene rings is 1. The van der Waals surface area contributed by atoms with Crippen LogP contribution in [0.1, 0.15) is 5.56 Å². The zero-order chi connectivity index (χ0) is 13.2. The van der Waals surface area contributed by atoms with Crippen molar-refractivity contribution >= 4 is 9.84 Å². The van der Waals surface area contributed by atoms with E-state index in [1.54, 1.807) is 13.2 Å². The molecule has 1 aromatic carbocycles. The molecule has 0 amide bonds. The maximum atomic E-state index is 11.1. The third kappa shape index (κ3) is 2.94. The number of sulfone groups is 1. The van der Waals surface area contributed by atoms with Gasteiger partial charge in [0.1, 0.15) is 6.10 Å². The highest BCUT2D eigenvalue weighted by atomic mass is 32.2. The minimum Gasteiger partial charge on any atom is -0.493 e. The molecule has 1 aromatic rings. The molecule has 0 aromatic heterocycles. The summed E-state index contributed by atoms with van der Waals surface area (Å²) in [4.78, 5) is 0. The van der Waals surface area contributed by atoms with Crippen LogP contribution in [0.15, 0.2) is 18.2 Å². The van der Waals surface area contributed by atoms with Gasteiger partial charge in [-0.2, -0.15) is 0 Å². The van der Waals surface area contributed by atoms with Crippen LogP contribution in [0.4, 0.5) is 0 Å². The zero-order valence-electron chi connectivity index (χ0n) is 10.3. The molecule has 5 nitrogen and oxygen atoms in total. The lowest BCUT2D eigenvalue weighted by atomic mass is 10.1. The molecule has 0 spiro atoms. The third-order valence-corrected chi connectivity index (χ3v) is 4.59. The fourth-order valence-electron chi connectivity index (χ4n) is 1.90. The van der Waals surface area contributed by atoms with E-state index in [9.17, 15) is 8.42 Å². The minimum absolute atomic E-state index is 0.0840. The number of methoxy groups -OCH3 is 1. The van der Waals surface area contributed by atoms with Crippen molar-refractivity contribution in [1.82, 2.24) is 0 Å². The van der Waals surface area contributed by atoms with Gasteiger partial charge in [-0.25, -0.2) is 8.42 Å². The average Bonchev–Trinajstić information content (AvgIpc) is 2.29. The van der Waals surface area contributed by atoms with Gasteiger partial charge in [-0.15, -0.1) is 0 Å². The zero-order valence-corrected chi connectivity index (χ0v) is 11.1. The van der Waals surface area contributed by atoms with Gasteiger partial charge in [0.15, 0.2) is 21.3 Å². The molecule has 0 bridgehead atoms. The summed E-state index contributed by atoms with van der Waals surface area (Å²) in [5.74, 6) is 1.37. The molecule has 1 saturated heterocycles. The number of ether oxygens (including phenoxy) is 2. The fraction of sp³-hybridized carbons (Fsp3) is 0.500. The summed E-state index contributed by atoms with van der Waals surface area (Å²) in [6.45, 7) is 0.574. The Kier molecular flexibility index (Phi) is 3.77. The highest BCUT2D eigenvalue weighted by molar-refractivity contribution is 7.92. The molecule has 6 heteroatoms. The Morgan fingerprint density at radius 1 is 1.33 bits per heavy atom. The predicted molar refractivity (Wildman–Crippen MR) is 68.8 cm³/mol. The van der Waals surface area contributed by atoms with E-state index in [1.165, 1.54) is 0 Å². The van der Waals surface area contributed by atoms with Crippen LogP contribution in [0.2, 0.25) is 0 Å². The topological polar surface area (TPSA) is 78.6 Å². The van der Waals surface area contributed by atoms with Crippen molar-refractivity contribution in [2.75, 3.05) is 25.2 Å². The summed E-state index contributed by atoms with van der Waals surface area (Å²) in [6.07, 6.45) is 0.512. The van der Waals surface area contributed by atoms with E-state index in [2.05, 4.69) is 0 Å². The van der Waals surface area contributed by atoms with Crippen molar-refractivity contribution in [2.24, 2.45) is 5.73 Å². The Morgan fingerprint density at radius 3 is 2.61 bits per heavy atom. The van der Waals surface area contributed by atoms with Crippen molar-refractivity contribution in [2.45, 2.75) is 12.5 Å². The second-order valence-electron chi connectivity index (χ2n) is 4.34. The Labute approximate surface area is 107 Å². The van der Waals surface area contributed by atoms with Crippen LogP contribution in [0.5, 0.6) is 11.5 Å². The van der Waals surface area contributed by atoms with Crippen molar-refractivity contribution in [3.05, 3.63) is 23.8 Å². The van der Waals surface area contributed by atoms with Gasteiger partial charge in [-0.3, -0.25) is 0 Å². The van der Waals surface area contributed by atoms with E-state index in [-0.39, 0.29) is 17.6 Å². The molecule has 0 saturated carbocycles. The Bertz CT molecular complexity index is 515. The van der Waals surface area contributed by atoms with Gasteiger partial charge in [-0.05, 0) is 30.7 Å². The predicted octanol–water partition coefficient (Wildman–Crippen LogP) is 0.372. The lowest BCUT2D eigenvalue weighted by Gasteiger charge is -2.27. The van der Waals surface area contributed by atoms with E-state index in [1.807, 2.05) is 12.1 Å². The summed E-state index contributed by atoms with van der Waals surface area (Å²) < 4.78 is 33.0. The molecule has 0 aliphatic carbocycles. The molecule has 2 rings (SSSR count). The first-order chi connectivity index (χ1) is 8.54. The van der Waals surface area contributed by atoms with E-state index in [4.69, 9.17) is 15.2 Å². The quantitative estimate of drug-likeness (QED) is 0.837. The van der Waals surface area contributed by atoms with E-state index in [0.717, 1.165) is 12.0 Å². The van der Waals surface area contributed by atoms with Crippen molar-refractivity contribution in [3.8, 4) is 11.5 Å². The third-order valence-electron chi connectivity index (χ3n) is 2.83. The van der Waals surface area contributed by atoms with Gasteiger partial charge in [0.05, 0.1) is 18.6 Å². The number of hydrogen-bond acceptors (Lipinski definition) is 5. The molecule has 1 aliphatic heterocycles. The van der Waals surface area contributed by atoms with Gasteiger partial charge in [0.25, 0.3) is 0 Å². The molecule has 1 aliphatic rings. The van der Waals surface area contributed by atoms with Gasteiger partial charge < -0.3 is 15.2 Å². The summed E-state index contributed by atoms with van der Waals surface area (Å²) in [5, 5.41) is 0. The smallest absolute Gasteiger partial charge is 0.161 e. The van der Waals surface area contributed by atoms with Gasteiger partial charge >= 0.3 is 0 Å². The second kappa shape index (κ2) is 5.16. The SMILES string of the molecule is COc1cc(CCN)ccc1OC1CS(=O)(=O)C1. The Balaban J connectivity index is 2.08. The van der Waals surface area contributed by atoms with E-state index < -0.39 is 9.84 Å². The fourth-order valence-corrected chi connectivity index (χ4v) is 3.07. The van der Waals surface area contributed by atoms with Gasteiger partial charge in [0.2, 0.25) is 0 Å². The molecule has 1 heterocycles. The average molecular weight is 271 g/mol. The van der Waals surface area contributed by atoms with Crippen molar-refractivity contribution in [1.29, 1.82) is 0 Å². The monoisotopic (exact) mass is 271 g/mol. The summed E-state index contributed by atoms with van der Waals surface area (Å²) >= 11 is 0. The molecule has 0 atom stereocenters. The van der Waals surface area contributed by atoms with Crippen LogP contribution in [0.3, 0.4) is 0 Å². The maximum Gasteiger partial charge on any atom is 0.161 e. The largest absolute Gasteiger partial charge is 0.493 e. The van der Waals surface area contributed by atoms with Gasteiger partial charge in [0, 0.05) is 0 Å². The molecular weight excluding hydrogens is 254 g/mol. The number of hydrogen-bond donors (Lipinski definition) is 1. The first-order valence-electron chi connectivity index (χ1n) is 5.78. The van der Waals surface area contributed by atoms with Crippen molar-refractivity contribution < 1.29 is 17.9 Å². The minimum atomic E-state index is -2.87. The highest BCUT2D eigenvalue weighted by Gasteiger charge is 2.35. The summed E-state index contributed by atoms with van der Waals surface area (Å²) in [7, 11) is -1.31. The van der Waals surface area contributed by atoms with Gasteiger partial charge in [-0.1, -0.05) is 6.07 Å². The van der Waals surface area contributed by atoms with Crippen LogP contribution in [-0.4, -0.2) is 39.7 Å². The maximum absolute atomic E-state index is 11.1. The standard InChI is InChI=1S/C12H17NO4S/c1-16-12-6-9(4-5-13)2-3-11(12)17-10-7-18(14,15)8-10/h2-3,6,10H,4-5,7-8,13H2,1H3. The number of rotatable bonds is 5. The molecule has 0 radical (unpaired) electrons. The first kappa shape index (κ1) is 13.2. The molecule has 100 valence electrons. The van der Waals surface area contributed by atoms with Crippen LogP contribution in [0, 0.1) is 0 Å². The highest BCUT2D eigenvalue weighted by Crippen LogP contribution is 2.31. The molecule has 1 fully saturated rings. The van der Waals surface area contributed by atoms with Crippen molar-refractivity contribution in [3.63, 3.8) is 0 Å². The van der Waals surface area contributed by atoms with Crippen LogP contribution in [0.25, 0.3) is 0 Å². The van der Waals surface area contributed by atoms with Crippen LogP contribution < -0.4 is 15.2 Å². The second-order valence-corrected chi connectivity index (χ2v) is 6.49. The normalized spacial score (nSPS) is 18.1. The van der Waals surface area contributed by atoms with E-state index in [0.29, 0.717) is 18.0 Å². The summed E-state index contributed by atoms with van der Waals surface area (Å²) in [6, 6.07) is 5.59. The lowest BCUT2D eigenvalue weighted by molar-refractivity contribution is 0.219. The van der Waals surface area contributed by atoms with Crippen LogP contribution in [-0.2, 0) is 16.3 Å². The molecular formula is C12H17NO4S. The molecule has 18 heavy (non-hydrogen) atoms. The Hall–Kier alpha value is -1.27. The number of nitrogens with two attached hydrogens (primary N) is 1. The Morgan fingerprint density at radius 2 is 2.06 bits per heavy atom. The van der Waals surface area contributed by atoms with Crippen LogP contribution >= 0.6 is 0 Å².